The summed E-state index contributed by atoms with van der Waals surface area (Å²) in [5.41, 5.74) is 0.279. The zero-order chi connectivity index (χ0) is 21.9. The lowest BCUT2D eigenvalue weighted by molar-refractivity contribution is -0.172. The molecule has 2 N–H and O–H groups in total. The molecule has 2 nitrogen and oxygen atoms in total. The first-order valence-corrected chi connectivity index (χ1v) is 12.9. The third-order valence-corrected chi connectivity index (χ3v) is 10.5. The number of aliphatic hydroxyl groups excluding tert-OH is 2. The summed E-state index contributed by atoms with van der Waals surface area (Å²) in [6, 6.07) is 0. The Morgan fingerprint density at radius 3 is 2.31 bits per heavy atom. The first-order valence-electron chi connectivity index (χ1n) is 13.4. The van der Waals surface area contributed by atoms with Gasteiger partial charge in [-0.25, -0.2) is 0 Å². The van der Waals surface area contributed by atoms with Crippen LogP contribution in [0.15, 0.2) is 0 Å². The molecule has 4 fully saturated rings. The molecule has 10 atom stereocenters. The minimum absolute atomic E-state index is 0.142. The van der Waals surface area contributed by atoms with Crippen molar-refractivity contribution >= 4 is 0 Å². The summed E-state index contributed by atoms with van der Waals surface area (Å²) in [4.78, 5) is 0. The van der Waals surface area contributed by atoms with Crippen molar-refractivity contribution in [3.8, 4) is 0 Å². The Hall–Kier alpha value is -0.0800. The predicted octanol–water partition coefficient (Wildman–Crippen LogP) is 6.44. The molecule has 168 valence electrons. The van der Waals surface area contributed by atoms with E-state index in [9.17, 15) is 11.6 Å². The Labute approximate surface area is 181 Å². The van der Waals surface area contributed by atoms with Gasteiger partial charge < -0.3 is 10.2 Å². The summed E-state index contributed by atoms with van der Waals surface area (Å²) in [6.07, 6.45) is 11.3. The van der Waals surface area contributed by atoms with Gasteiger partial charge in [0, 0.05) is 1.37 Å². The Kier molecular flexibility index (Phi) is 5.82. The van der Waals surface area contributed by atoms with Crippen LogP contribution in [0.1, 0.15) is 107 Å². The average Bonchev–Trinajstić information content (AvgIpc) is 3.01. The van der Waals surface area contributed by atoms with E-state index in [0.29, 0.717) is 23.7 Å². The second kappa shape index (κ2) is 8.12. The maximum absolute atomic E-state index is 11.2. The lowest BCUT2D eigenvalue weighted by atomic mass is 9.44. The first kappa shape index (κ1) is 20.8. The second-order valence-electron chi connectivity index (χ2n) is 12.5. The lowest BCUT2D eigenvalue weighted by Crippen LogP contribution is -2.58. The van der Waals surface area contributed by atoms with Crippen LogP contribution in [0.25, 0.3) is 0 Å². The molecule has 4 rings (SSSR count). The molecule has 0 aromatic heterocycles. The predicted molar refractivity (Wildman–Crippen MR) is 120 cm³/mol. The van der Waals surface area contributed by atoms with Crippen LogP contribution < -0.4 is 0 Å². The maximum atomic E-state index is 11.2. The van der Waals surface area contributed by atoms with Crippen molar-refractivity contribution in [2.24, 2.45) is 52.2 Å². The monoisotopic (exact) mass is 405 g/mol. The lowest BCUT2D eigenvalue weighted by Gasteiger charge is -2.62. The number of rotatable bonds is 5. The van der Waals surface area contributed by atoms with Gasteiger partial charge in [-0.2, -0.15) is 0 Å². The van der Waals surface area contributed by atoms with Gasteiger partial charge in [-0.05, 0) is 104 Å². The van der Waals surface area contributed by atoms with Crippen molar-refractivity contribution in [2.75, 3.05) is 0 Å². The zero-order valence-corrected chi connectivity index (χ0v) is 19.8. The van der Waals surface area contributed by atoms with Crippen LogP contribution in [0, 0.1) is 52.2 Å². The highest BCUT2D eigenvalue weighted by Gasteiger charge is 2.62. The van der Waals surface area contributed by atoms with Crippen LogP contribution in [0.4, 0.5) is 0 Å². The highest BCUT2D eigenvalue weighted by Crippen LogP contribution is 2.68. The van der Waals surface area contributed by atoms with Gasteiger partial charge in [-0.3, -0.25) is 0 Å². The van der Waals surface area contributed by atoms with E-state index in [0.717, 1.165) is 42.9 Å². The number of aliphatic hydroxyl groups is 2. The molecule has 0 aromatic rings. The van der Waals surface area contributed by atoms with Gasteiger partial charge in [0.25, 0.3) is 0 Å². The summed E-state index contributed by atoms with van der Waals surface area (Å²) >= 11 is 0. The quantitative estimate of drug-likeness (QED) is 0.552. The van der Waals surface area contributed by atoms with Crippen LogP contribution >= 0.6 is 0 Å². The summed E-state index contributed by atoms with van der Waals surface area (Å²) in [5, 5.41) is 21.5. The summed E-state index contributed by atoms with van der Waals surface area (Å²) < 4.78 is 9.28. The molecule has 2 heteroatoms. The molecule has 0 bridgehead atoms. The molecule has 0 unspecified atom stereocenters. The molecule has 4 aliphatic carbocycles. The fourth-order valence-corrected chi connectivity index (χ4v) is 8.99. The van der Waals surface area contributed by atoms with E-state index >= 15 is 0 Å². The highest BCUT2D eigenvalue weighted by atomic mass is 16.3. The summed E-state index contributed by atoms with van der Waals surface area (Å²) in [5.74, 6) is 3.43. The summed E-state index contributed by atoms with van der Waals surface area (Å²) in [7, 11) is 0. The fourth-order valence-electron chi connectivity index (χ4n) is 8.99. The smallest absolute Gasteiger partial charge is 0.0577 e. The van der Waals surface area contributed by atoms with Crippen LogP contribution in [0.2, 0.25) is 0 Å². The van der Waals surface area contributed by atoms with Crippen molar-refractivity contribution in [3.63, 3.8) is 0 Å². The first-order chi connectivity index (χ1) is 14.0. The molecule has 0 radical (unpaired) electrons. The topological polar surface area (TPSA) is 40.5 Å². The van der Waals surface area contributed by atoms with Gasteiger partial charge in [0.2, 0.25) is 0 Å². The molecule has 0 aromatic carbocycles. The van der Waals surface area contributed by atoms with E-state index in [1.54, 1.807) is 0 Å². The average molecular weight is 406 g/mol. The maximum Gasteiger partial charge on any atom is 0.0577 e. The molecule has 4 saturated carbocycles. The van der Waals surface area contributed by atoms with Crippen LogP contribution in [-0.4, -0.2) is 22.4 Å². The second-order valence-corrected chi connectivity index (χ2v) is 12.5. The molecule has 0 spiro atoms. The molecule has 29 heavy (non-hydrogen) atoms. The molecular formula is C27H48O2. The molecule has 0 amide bonds. The largest absolute Gasteiger partial charge is 0.393 e. The zero-order valence-electron chi connectivity index (χ0n) is 20.8. The standard InChI is InChI=1S/C27H48O2/c1-17(2)7-6-8-18(3)21-9-10-22-20-16-25(29)24-15-19(28)11-13-27(24,5)23(20)12-14-26(21,22)4/h17-25,28-29H,6-16H2,1-5H3/t18-,19+,20+,21-,22+,23+,24+,25-,26-,27-/m1/s1/i24D. The minimum Gasteiger partial charge on any atom is -0.393 e. The molecular weight excluding hydrogens is 356 g/mol. The molecule has 0 aliphatic heterocycles. The number of hydrogen-bond donors (Lipinski definition) is 2. The molecule has 0 saturated heterocycles. The SMILES string of the molecule is [2H][C@@]12C[C@@H](O)CC[C@]1(C)[C@H]1CC[C@]3(C)[C@@H]([C@H](C)CCCC(C)C)CC[C@H]3[C@@H]1C[C@H]2O. The van der Waals surface area contributed by atoms with Crippen molar-refractivity contribution in [1.29, 1.82) is 0 Å². The third-order valence-electron chi connectivity index (χ3n) is 10.5. The van der Waals surface area contributed by atoms with Crippen LogP contribution in [0.3, 0.4) is 0 Å². The van der Waals surface area contributed by atoms with Gasteiger partial charge in [-0.15, -0.1) is 0 Å². The Morgan fingerprint density at radius 2 is 1.59 bits per heavy atom. The van der Waals surface area contributed by atoms with Crippen molar-refractivity contribution < 1.29 is 11.6 Å². The number of fused-ring (bicyclic) bond motifs is 5. The summed E-state index contributed by atoms with van der Waals surface area (Å²) in [6.45, 7) is 12.1. The van der Waals surface area contributed by atoms with E-state index in [1.165, 1.54) is 44.9 Å². The van der Waals surface area contributed by atoms with Crippen molar-refractivity contribution in [2.45, 2.75) is 117 Å². The highest BCUT2D eigenvalue weighted by molar-refractivity contribution is 5.11. The third kappa shape index (κ3) is 3.73. The van der Waals surface area contributed by atoms with Crippen LogP contribution in [-0.2, 0) is 0 Å². The fraction of sp³-hybridized carbons (Fsp3) is 1.00. The van der Waals surface area contributed by atoms with E-state index in [1.807, 2.05) is 0 Å². The van der Waals surface area contributed by atoms with E-state index in [-0.39, 0.29) is 5.41 Å². The van der Waals surface area contributed by atoms with Gasteiger partial charge in [-0.1, -0.05) is 53.9 Å². The van der Waals surface area contributed by atoms with E-state index < -0.39 is 18.1 Å². The molecule has 0 heterocycles. The van der Waals surface area contributed by atoms with Gasteiger partial charge >= 0.3 is 0 Å². The van der Waals surface area contributed by atoms with E-state index in [2.05, 4.69) is 34.6 Å². The van der Waals surface area contributed by atoms with Gasteiger partial charge in [0.05, 0.1) is 12.2 Å². The Balaban J connectivity index is 1.53. The van der Waals surface area contributed by atoms with Crippen LogP contribution in [0.5, 0.6) is 0 Å². The normalized spacial score (nSPS) is 53.7. The van der Waals surface area contributed by atoms with Crippen molar-refractivity contribution in [3.05, 3.63) is 0 Å². The Morgan fingerprint density at radius 1 is 0.897 bits per heavy atom. The van der Waals surface area contributed by atoms with Gasteiger partial charge in [0.15, 0.2) is 0 Å². The Bertz CT molecular complexity index is 622. The number of hydrogen-bond acceptors (Lipinski definition) is 2. The van der Waals surface area contributed by atoms with Gasteiger partial charge in [0.1, 0.15) is 0 Å². The van der Waals surface area contributed by atoms with Crippen molar-refractivity contribution in [1.82, 2.24) is 0 Å². The van der Waals surface area contributed by atoms with E-state index in [4.69, 9.17) is 0 Å². The molecule has 4 aliphatic rings. The minimum atomic E-state index is -0.859.